The van der Waals surface area contributed by atoms with Gasteiger partial charge in [0.25, 0.3) is 11.8 Å². The van der Waals surface area contributed by atoms with Crippen LogP contribution in [0.2, 0.25) is 0 Å². The van der Waals surface area contributed by atoms with E-state index in [1.165, 1.54) is 9.80 Å². The SMILES string of the molecule is O=C(NCCCN1C(=O)c2ccc(Br)cc2C1=O)N(CCO)CCO. The Hall–Kier alpha value is -1.97. The quantitative estimate of drug-likeness (QED) is 0.422. The van der Waals surface area contributed by atoms with Gasteiger partial charge in [-0.1, -0.05) is 15.9 Å². The molecule has 0 fully saturated rings. The molecule has 0 bridgehead atoms. The lowest BCUT2D eigenvalue weighted by molar-refractivity contribution is 0.0653. The third-order valence-electron chi connectivity index (χ3n) is 3.79. The number of nitrogens with zero attached hydrogens (tertiary/aromatic N) is 2. The van der Waals surface area contributed by atoms with Crippen molar-refractivity contribution in [3.05, 3.63) is 33.8 Å². The molecule has 1 aromatic carbocycles. The molecule has 1 aromatic rings. The summed E-state index contributed by atoms with van der Waals surface area (Å²) in [5, 5.41) is 20.4. The van der Waals surface area contributed by atoms with E-state index in [-0.39, 0.29) is 51.2 Å². The van der Waals surface area contributed by atoms with Gasteiger partial charge >= 0.3 is 6.03 Å². The molecule has 8 nitrogen and oxygen atoms in total. The molecule has 3 N–H and O–H groups in total. The largest absolute Gasteiger partial charge is 0.395 e. The fourth-order valence-corrected chi connectivity index (χ4v) is 2.93. The molecule has 0 saturated carbocycles. The summed E-state index contributed by atoms with van der Waals surface area (Å²) in [4.78, 5) is 38.9. The number of fused-ring (bicyclic) bond motifs is 1. The zero-order chi connectivity index (χ0) is 18.4. The molecule has 0 saturated heterocycles. The smallest absolute Gasteiger partial charge is 0.317 e. The van der Waals surface area contributed by atoms with Gasteiger partial charge < -0.3 is 20.4 Å². The van der Waals surface area contributed by atoms with Crippen LogP contribution in [0.3, 0.4) is 0 Å². The Morgan fingerprint density at radius 1 is 1.12 bits per heavy atom. The molecule has 0 unspecified atom stereocenters. The topological polar surface area (TPSA) is 110 Å². The summed E-state index contributed by atoms with van der Waals surface area (Å²) >= 11 is 3.28. The van der Waals surface area contributed by atoms with Crippen LogP contribution in [0.1, 0.15) is 27.1 Å². The first-order valence-corrected chi connectivity index (χ1v) is 8.69. The number of aliphatic hydroxyl groups excluding tert-OH is 2. The van der Waals surface area contributed by atoms with Crippen LogP contribution in [0.25, 0.3) is 0 Å². The highest BCUT2D eigenvalue weighted by molar-refractivity contribution is 9.10. The molecule has 1 aliphatic rings. The molecule has 0 aromatic heterocycles. The minimum atomic E-state index is -0.408. The van der Waals surface area contributed by atoms with Crippen molar-refractivity contribution in [3.8, 4) is 0 Å². The Labute approximate surface area is 153 Å². The maximum Gasteiger partial charge on any atom is 0.317 e. The van der Waals surface area contributed by atoms with E-state index in [1.807, 2.05) is 0 Å². The second-order valence-corrected chi connectivity index (χ2v) is 6.39. The predicted octanol–water partition coefficient (Wildman–Crippen LogP) is 0.431. The molecule has 1 heterocycles. The molecule has 9 heteroatoms. The first kappa shape index (κ1) is 19.4. The molecule has 136 valence electrons. The maximum atomic E-state index is 12.3. The van der Waals surface area contributed by atoms with Crippen molar-refractivity contribution in [1.82, 2.24) is 15.1 Å². The normalized spacial score (nSPS) is 13.2. The van der Waals surface area contributed by atoms with E-state index >= 15 is 0 Å². The number of halogens is 1. The summed E-state index contributed by atoms with van der Waals surface area (Å²) in [6, 6.07) is 4.54. The Morgan fingerprint density at radius 3 is 2.40 bits per heavy atom. The number of aliphatic hydroxyl groups is 2. The van der Waals surface area contributed by atoms with E-state index in [4.69, 9.17) is 10.2 Å². The molecule has 1 aliphatic heterocycles. The van der Waals surface area contributed by atoms with Crippen molar-refractivity contribution >= 4 is 33.8 Å². The number of carbonyl (C=O) groups excluding carboxylic acids is 3. The fraction of sp³-hybridized carbons (Fsp3) is 0.438. The molecule has 0 atom stereocenters. The molecule has 4 amide bonds. The average molecular weight is 414 g/mol. The highest BCUT2D eigenvalue weighted by Crippen LogP contribution is 2.25. The van der Waals surface area contributed by atoms with Crippen molar-refractivity contribution < 1.29 is 24.6 Å². The minimum Gasteiger partial charge on any atom is -0.395 e. The highest BCUT2D eigenvalue weighted by Gasteiger charge is 2.34. The number of urea groups is 1. The lowest BCUT2D eigenvalue weighted by atomic mass is 10.1. The van der Waals surface area contributed by atoms with Crippen LogP contribution < -0.4 is 5.32 Å². The van der Waals surface area contributed by atoms with E-state index in [9.17, 15) is 14.4 Å². The summed E-state index contributed by atoms with van der Waals surface area (Å²) in [7, 11) is 0. The molecular formula is C16H20BrN3O5. The van der Waals surface area contributed by atoms with E-state index in [0.717, 1.165) is 4.47 Å². The Balaban J connectivity index is 1.84. The van der Waals surface area contributed by atoms with Crippen LogP contribution in [0, 0.1) is 0 Å². The number of nitrogens with one attached hydrogen (secondary N) is 1. The van der Waals surface area contributed by atoms with Crippen LogP contribution in [0.15, 0.2) is 22.7 Å². The Bertz CT molecular complexity index is 661. The van der Waals surface area contributed by atoms with Gasteiger partial charge in [-0.05, 0) is 24.6 Å². The van der Waals surface area contributed by atoms with E-state index in [2.05, 4.69) is 21.2 Å². The Kier molecular flexibility index (Phi) is 6.91. The zero-order valence-corrected chi connectivity index (χ0v) is 15.2. The summed E-state index contributed by atoms with van der Waals surface area (Å²) in [6.45, 7) is 0.322. The number of rotatable bonds is 8. The molecule has 0 aliphatic carbocycles. The van der Waals surface area contributed by atoms with Crippen LogP contribution in [-0.4, -0.2) is 77.3 Å². The van der Waals surface area contributed by atoms with Crippen molar-refractivity contribution in [2.45, 2.75) is 6.42 Å². The third kappa shape index (κ3) is 4.56. The Morgan fingerprint density at radius 2 is 1.76 bits per heavy atom. The van der Waals surface area contributed by atoms with Gasteiger partial charge in [0.1, 0.15) is 0 Å². The van der Waals surface area contributed by atoms with Gasteiger partial charge in [-0.15, -0.1) is 0 Å². The van der Waals surface area contributed by atoms with Crippen molar-refractivity contribution in [2.75, 3.05) is 39.4 Å². The average Bonchev–Trinajstić information content (AvgIpc) is 2.82. The third-order valence-corrected chi connectivity index (χ3v) is 4.29. The van der Waals surface area contributed by atoms with Crippen molar-refractivity contribution in [1.29, 1.82) is 0 Å². The maximum absolute atomic E-state index is 12.3. The van der Waals surface area contributed by atoms with Gasteiger partial charge in [0, 0.05) is 30.7 Å². The summed E-state index contributed by atoms with van der Waals surface area (Å²) in [5.74, 6) is -0.671. The lowest BCUT2D eigenvalue weighted by Crippen LogP contribution is -2.43. The monoisotopic (exact) mass is 413 g/mol. The molecule has 0 spiro atoms. The molecule has 25 heavy (non-hydrogen) atoms. The van der Waals surface area contributed by atoms with E-state index < -0.39 is 6.03 Å². The van der Waals surface area contributed by atoms with Crippen molar-refractivity contribution in [2.24, 2.45) is 0 Å². The first-order valence-electron chi connectivity index (χ1n) is 7.89. The summed E-state index contributed by atoms with van der Waals surface area (Å²) < 4.78 is 0.731. The lowest BCUT2D eigenvalue weighted by Gasteiger charge is -2.21. The van der Waals surface area contributed by atoms with Crippen LogP contribution in [-0.2, 0) is 0 Å². The number of carbonyl (C=O) groups is 3. The number of hydrogen-bond donors (Lipinski definition) is 3. The molecule has 0 radical (unpaired) electrons. The van der Waals surface area contributed by atoms with Crippen LogP contribution >= 0.6 is 15.9 Å². The van der Waals surface area contributed by atoms with Gasteiger partial charge in [-0.3, -0.25) is 14.5 Å². The summed E-state index contributed by atoms with van der Waals surface area (Å²) in [6.07, 6.45) is 0.407. The van der Waals surface area contributed by atoms with Gasteiger partial charge in [-0.25, -0.2) is 4.79 Å². The number of hydrogen-bond acceptors (Lipinski definition) is 5. The van der Waals surface area contributed by atoms with E-state index in [1.54, 1.807) is 18.2 Å². The van der Waals surface area contributed by atoms with Gasteiger partial charge in [0.05, 0.1) is 24.3 Å². The van der Waals surface area contributed by atoms with Crippen LogP contribution in [0.4, 0.5) is 4.79 Å². The summed E-state index contributed by atoms with van der Waals surface area (Å²) in [5.41, 5.74) is 0.759. The highest BCUT2D eigenvalue weighted by atomic mass is 79.9. The van der Waals surface area contributed by atoms with Gasteiger partial charge in [0.2, 0.25) is 0 Å². The number of amides is 4. The number of benzene rings is 1. The predicted molar refractivity (Wildman–Crippen MR) is 93.3 cm³/mol. The van der Waals surface area contributed by atoms with E-state index in [0.29, 0.717) is 17.5 Å². The second-order valence-electron chi connectivity index (χ2n) is 5.47. The van der Waals surface area contributed by atoms with Crippen LogP contribution in [0.5, 0.6) is 0 Å². The minimum absolute atomic E-state index is 0.125. The van der Waals surface area contributed by atoms with Gasteiger partial charge in [-0.2, -0.15) is 0 Å². The van der Waals surface area contributed by atoms with Gasteiger partial charge in [0.15, 0.2) is 0 Å². The number of imide groups is 1. The van der Waals surface area contributed by atoms with Crippen molar-refractivity contribution in [3.63, 3.8) is 0 Å². The standard InChI is InChI=1S/C16H20BrN3O5/c17-11-2-3-12-13(10-11)15(24)20(14(12)23)5-1-4-18-16(25)19(6-8-21)7-9-22/h2-3,10,21-22H,1,4-9H2,(H,18,25). The fourth-order valence-electron chi connectivity index (χ4n) is 2.57. The zero-order valence-electron chi connectivity index (χ0n) is 13.6. The second kappa shape index (κ2) is 8.93. The molecular weight excluding hydrogens is 394 g/mol. The first-order chi connectivity index (χ1) is 12.0. The molecule has 2 rings (SSSR count).